The molecule has 0 spiro atoms. The van der Waals surface area contributed by atoms with Gasteiger partial charge in [-0.05, 0) is 81.6 Å². The van der Waals surface area contributed by atoms with E-state index >= 15 is 0 Å². The maximum atomic E-state index is 12.9. The highest BCUT2D eigenvalue weighted by atomic mass is 16.1. The van der Waals surface area contributed by atoms with Gasteiger partial charge >= 0.3 is 0 Å². The van der Waals surface area contributed by atoms with Crippen molar-refractivity contribution in [2.24, 2.45) is 0 Å². The largest absolute Gasteiger partial charge is 0.372 e. The standard InChI is InChI=1S/C26H36N4O/c1-4-29(5-2)23-13-10-21(11-14-23)26(31)27-22-12-9-20-7-6-8-25(24(20)19-22)30-17-15-28(3)16-18-30/h6-8,10-11,13-14,22H,4-5,9,12,15-19H2,1-3H3,(H,27,31)/t22-/m0/s1. The average molecular weight is 421 g/mol. The Balaban J connectivity index is 1.43. The molecule has 1 heterocycles. The number of amides is 1. The molecule has 2 aromatic rings. The number of nitrogens with zero attached hydrogens (tertiary/aromatic N) is 3. The van der Waals surface area contributed by atoms with E-state index in [0.717, 1.165) is 64.1 Å². The number of fused-ring (bicyclic) bond motifs is 1. The molecule has 1 atom stereocenters. The van der Waals surface area contributed by atoms with Gasteiger partial charge < -0.3 is 20.0 Å². The van der Waals surface area contributed by atoms with Crippen LogP contribution in [0.4, 0.5) is 11.4 Å². The summed E-state index contributed by atoms with van der Waals surface area (Å²) in [5.41, 5.74) is 6.16. The van der Waals surface area contributed by atoms with E-state index in [1.807, 2.05) is 12.1 Å². The molecule has 31 heavy (non-hydrogen) atoms. The van der Waals surface area contributed by atoms with Crippen LogP contribution in [0.3, 0.4) is 0 Å². The molecule has 0 aromatic heterocycles. The Morgan fingerprint density at radius 1 is 1.03 bits per heavy atom. The zero-order chi connectivity index (χ0) is 21.8. The Bertz CT molecular complexity index is 883. The number of benzene rings is 2. The van der Waals surface area contributed by atoms with Gasteiger partial charge in [0.2, 0.25) is 0 Å². The molecule has 1 aliphatic carbocycles. The minimum absolute atomic E-state index is 0.0385. The van der Waals surface area contributed by atoms with Crippen molar-refractivity contribution in [1.29, 1.82) is 0 Å². The van der Waals surface area contributed by atoms with Crippen molar-refractivity contribution in [2.75, 3.05) is 56.1 Å². The van der Waals surface area contributed by atoms with E-state index < -0.39 is 0 Å². The molecule has 0 radical (unpaired) electrons. The number of hydrogen-bond donors (Lipinski definition) is 1. The second-order valence-electron chi connectivity index (χ2n) is 8.84. The number of anilines is 2. The van der Waals surface area contributed by atoms with Gasteiger partial charge in [-0.15, -0.1) is 0 Å². The molecule has 1 amide bonds. The summed E-state index contributed by atoms with van der Waals surface area (Å²) in [4.78, 5) is 20.1. The summed E-state index contributed by atoms with van der Waals surface area (Å²) in [7, 11) is 2.19. The van der Waals surface area contributed by atoms with Gasteiger partial charge in [0, 0.05) is 62.2 Å². The lowest BCUT2D eigenvalue weighted by molar-refractivity contribution is 0.0933. The van der Waals surface area contributed by atoms with Crippen LogP contribution in [0.5, 0.6) is 0 Å². The molecule has 4 rings (SSSR count). The van der Waals surface area contributed by atoms with Crippen LogP contribution in [-0.2, 0) is 12.8 Å². The summed E-state index contributed by atoms with van der Waals surface area (Å²) < 4.78 is 0. The number of hydrogen-bond acceptors (Lipinski definition) is 4. The van der Waals surface area contributed by atoms with Gasteiger partial charge in [-0.25, -0.2) is 0 Å². The molecule has 5 heteroatoms. The van der Waals surface area contributed by atoms with E-state index in [0.29, 0.717) is 0 Å². The molecule has 0 unspecified atom stereocenters. The zero-order valence-electron chi connectivity index (χ0n) is 19.2. The first-order valence-corrected chi connectivity index (χ1v) is 11.8. The Morgan fingerprint density at radius 2 is 1.74 bits per heavy atom. The lowest BCUT2D eigenvalue weighted by Crippen LogP contribution is -2.45. The molecule has 1 aliphatic heterocycles. The van der Waals surface area contributed by atoms with E-state index in [-0.39, 0.29) is 11.9 Å². The minimum atomic E-state index is 0.0385. The van der Waals surface area contributed by atoms with E-state index in [2.05, 4.69) is 71.2 Å². The van der Waals surface area contributed by atoms with Gasteiger partial charge in [-0.2, -0.15) is 0 Å². The highest BCUT2D eigenvalue weighted by Gasteiger charge is 2.25. The maximum absolute atomic E-state index is 12.9. The predicted octanol–water partition coefficient (Wildman–Crippen LogP) is 3.57. The number of carbonyl (C=O) groups is 1. The van der Waals surface area contributed by atoms with Crippen molar-refractivity contribution in [1.82, 2.24) is 10.2 Å². The third-order valence-electron chi connectivity index (χ3n) is 6.90. The topological polar surface area (TPSA) is 38.8 Å². The number of carbonyl (C=O) groups excluding carboxylic acids is 1. The molecule has 2 aliphatic rings. The number of nitrogens with one attached hydrogen (secondary N) is 1. The second kappa shape index (κ2) is 9.73. The van der Waals surface area contributed by atoms with Gasteiger partial charge in [-0.1, -0.05) is 12.1 Å². The normalized spacial score (nSPS) is 19.1. The summed E-state index contributed by atoms with van der Waals surface area (Å²) in [6.45, 7) is 10.6. The fourth-order valence-electron chi connectivity index (χ4n) is 4.92. The molecule has 0 bridgehead atoms. The molecule has 1 N–H and O–H groups in total. The van der Waals surface area contributed by atoms with E-state index in [9.17, 15) is 4.79 Å². The number of rotatable bonds is 6. The Kier molecular flexibility index (Phi) is 6.81. The smallest absolute Gasteiger partial charge is 0.251 e. The average Bonchev–Trinajstić information content (AvgIpc) is 2.80. The fourth-order valence-corrected chi connectivity index (χ4v) is 4.92. The van der Waals surface area contributed by atoms with Crippen LogP contribution in [0.1, 0.15) is 41.8 Å². The summed E-state index contributed by atoms with van der Waals surface area (Å²) in [5.74, 6) is 0.0385. The minimum Gasteiger partial charge on any atom is -0.372 e. The summed E-state index contributed by atoms with van der Waals surface area (Å²) in [5, 5.41) is 3.31. The predicted molar refractivity (Wildman–Crippen MR) is 129 cm³/mol. The summed E-state index contributed by atoms with van der Waals surface area (Å²) in [6.07, 6.45) is 2.95. The number of likely N-dealkylation sites (N-methyl/N-ethyl adjacent to an activating group) is 1. The van der Waals surface area contributed by atoms with Crippen LogP contribution in [0.2, 0.25) is 0 Å². The number of piperazine rings is 1. The van der Waals surface area contributed by atoms with E-state index in [4.69, 9.17) is 0 Å². The molecule has 0 saturated carbocycles. The van der Waals surface area contributed by atoms with Crippen LogP contribution in [0.25, 0.3) is 0 Å². The van der Waals surface area contributed by atoms with Crippen LogP contribution in [-0.4, -0.2) is 63.2 Å². The fraction of sp³-hybridized carbons (Fsp3) is 0.500. The maximum Gasteiger partial charge on any atom is 0.251 e. The van der Waals surface area contributed by atoms with Crippen molar-refractivity contribution in [2.45, 2.75) is 39.2 Å². The van der Waals surface area contributed by atoms with Crippen LogP contribution in [0.15, 0.2) is 42.5 Å². The van der Waals surface area contributed by atoms with Crippen molar-refractivity contribution in [3.8, 4) is 0 Å². The van der Waals surface area contributed by atoms with Crippen molar-refractivity contribution in [3.05, 3.63) is 59.2 Å². The SMILES string of the molecule is CCN(CC)c1ccc(C(=O)N[C@H]2CCc3cccc(N4CCN(C)CC4)c3C2)cc1. The highest BCUT2D eigenvalue weighted by Crippen LogP contribution is 2.31. The monoisotopic (exact) mass is 420 g/mol. The van der Waals surface area contributed by atoms with E-state index in [1.165, 1.54) is 22.5 Å². The first-order chi connectivity index (χ1) is 15.1. The quantitative estimate of drug-likeness (QED) is 0.775. The lowest BCUT2D eigenvalue weighted by atomic mass is 9.86. The Hall–Kier alpha value is -2.53. The van der Waals surface area contributed by atoms with Gasteiger partial charge in [0.15, 0.2) is 0 Å². The molecule has 166 valence electrons. The van der Waals surface area contributed by atoms with Crippen LogP contribution in [0, 0.1) is 0 Å². The van der Waals surface area contributed by atoms with Gasteiger partial charge in [0.1, 0.15) is 0 Å². The third-order valence-corrected chi connectivity index (χ3v) is 6.90. The van der Waals surface area contributed by atoms with Gasteiger partial charge in [0.25, 0.3) is 5.91 Å². The first-order valence-electron chi connectivity index (χ1n) is 11.8. The summed E-state index contributed by atoms with van der Waals surface area (Å²) >= 11 is 0. The highest BCUT2D eigenvalue weighted by molar-refractivity contribution is 5.94. The first kappa shape index (κ1) is 21.7. The molecule has 2 aromatic carbocycles. The molecule has 1 saturated heterocycles. The molecular formula is C26H36N4O. The zero-order valence-corrected chi connectivity index (χ0v) is 19.2. The van der Waals surface area contributed by atoms with Crippen molar-refractivity contribution >= 4 is 17.3 Å². The third kappa shape index (κ3) is 4.87. The second-order valence-corrected chi connectivity index (χ2v) is 8.84. The van der Waals surface area contributed by atoms with E-state index in [1.54, 1.807) is 0 Å². The van der Waals surface area contributed by atoms with Crippen molar-refractivity contribution in [3.63, 3.8) is 0 Å². The number of aryl methyl sites for hydroxylation is 1. The lowest BCUT2D eigenvalue weighted by Gasteiger charge is -2.37. The van der Waals surface area contributed by atoms with Gasteiger partial charge in [0.05, 0.1) is 0 Å². The Morgan fingerprint density at radius 3 is 2.42 bits per heavy atom. The molecule has 1 fully saturated rings. The van der Waals surface area contributed by atoms with Crippen LogP contribution < -0.4 is 15.1 Å². The van der Waals surface area contributed by atoms with Crippen LogP contribution >= 0.6 is 0 Å². The summed E-state index contributed by atoms with van der Waals surface area (Å²) in [6, 6.07) is 14.9. The van der Waals surface area contributed by atoms with Gasteiger partial charge in [-0.3, -0.25) is 4.79 Å². The molecular weight excluding hydrogens is 384 g/mol. The van der Waals surface area contributed by atoms with Crippen molar-refractivity contribution < 1.29 is 4.79 Å². The Labute approximate surface area is 187 Å². The molecule has 5 nitrogen and oxygen atoms in total.